The molecule has 1 rings (SSSR count). The molecule has 1 unspecified atom stereocenters. The van der Waals surface area contributed by atoms with E-state index in [9.17, 15) is 8.78 Å². The van der Waals surface area contributed by atoms with E-state index in [2.05, 4.69) is 5.32 Å². The molecule has 0 spiro atoms. The number of ether oxygens (including phenoxy) is 1. The number of halogens is 2. The highest BCUT2D eigenvalue weighted by Gasteiger charge is 2.32. The summed E-state index contributed by atoms with van der Waals surface area (Å²) in [5.74, 6) is -1.13. The first kappa shape index (κ1) is 14.1. The van der Waals surface area contributed by atoms with Gasteiger partial charge in [-0.3, -0.25) is 0 Å². The first-order chi connectivity index (χ1) is 7.92. The Morgan fingerprint density at radius 3 is 2.47 bits per heavy atom. The van der Waals surface area contributed by atoms with E-state index in [0.717, 1.165) is 6.07 Å². The Bertz CT molecular complexity index is 380. The Kier molecular flexibility index (Phi) is 4.60. The zero-order valence-corrected chi connectivity index (χ0v) is 10.7. The van der Waals surface area contributed by atoms with Gasteiger partial charge in [-0.05, 0) is 33.9 Å². The van der Waals surface area contributed by atoms with E-state index in [0.29, 0.717) is 12.2 Å². The fourth-order valence-corrected chi connectivity index (χ4v) is 2.07. The highest BCUT2D eigenvalue weighted by Crippen LogP contribution is 2.30. The lowest BCUT2D eigenvalue weighted by Crippen LogP contribution is -2.40. The molecule has 1 N–H and O–H groups in total. The van der Waals surface area contributed by atoms with Gasteiger partial charge in [-0.15, -0.1) is 0 Å². The van der Waals surface area contributed by atoms with Gasteiger partial charge in [0, 0.05) is 18.2 Å². The van der Waals surface area contributed by atoms with E-state index in [1.165, 1.54) is 12.1 Å². The molecule has 0 fully saturated rings. The highest BCUT2D eigenvalue weighted by molar-refractivity contribution is 5.24. The maximum atomic E-state index is 13.7. The minimum Gasteiger partial charge on any atom is -0.374 e. The Morgan fingerprint density at radius 1 is 1.35 bits per heavy atom. The summed E-state index contributed by atoms with van der Waals surface area (Å²) in [6, 6.07) is 3.27. The second-order valence-corrected chi connectivity index (χ2v) is 4.42. The lowest BCUT2D eigenvalue weighted by molar-refractivity contribution is -0.0382. The van der Waals surface area contributed by atoms with E-state index in [1.54, 1.807) is 7.05 Å². The Morgan fingerprint density at radius 2 is 2.00 bits per heavy atom. The SMILES string of the molecule is CCOC(C)(C)C(NC)c1ccc(F)cc1F. The summed E-state index contributed by atoms with van der Waals surface area (Å²) >= 11 is 0. The van der Waals surface area contributed by atoms with Gasteiger partial charge in [-0.25, -0.2) is 8.78 Å². The van der Waals surface area contributed by atoms with Gasteiger partial charge in [-0.1, -0.05) is 6.07 Å². The highest BCUT2D eigenvalue weighted by atomic mass is 19.1. The van der Waals surface area contributed by atoms with E-state index in [-0.39, 0.29) is 6.04 Å². The summed E-state index contributed by atoms with van der Waals surface area (Å²) in [6.45, 7) is 6.17. The van der Waals surface area contributed by atoms with E-state index in [4.69, 9.17) is 4.74 Å². The molecule has 0 aliphatic rings. The van der Waals surface area contributed by atoms with Crippen LogP contribution in [-0.2, 0) is 4.74 Å². The molecular weight excluding hydrogens is 224 g/mol. The van der Waals surface area contributed by atoms with Crippen molar-refractivity contribution in [2.75, 3.05) is 13.7 Å². The fourth-order valence-electron chi connectivity index (χ4n) is 2.07. The molecule has 1 aromatic rings. The molecule has 4 heteroatoms. The smallest absolute Gasteiger partial charge is 0.131 e. The van der Waals surface area contributed by atoms with Gasteiger partial charge < -0.3 is 10.1 Å². The maximum absolute atomic E-state index is 13.7. The van der Waals surface area contributed by atoms with Crippen molar-refractivity contribution in [3.8, 4) is 0 Å². The molecule has 0 saturated heterocycles. The largest absolute Gasteiger partial charge is 0.374 e. The Hall–Kier alpha value is -1.00. The van der Waals surface area contributed by atoms with Crippen molar-refractivity contribution < 1.29 is 13.5 Å². The van der Waals surface area contributed by atoms with Gasteiger partial charge in [0.05, 0.1) is 11.6 Å². The van der Waals surface area contributed by atoms with Crippen molar-refractivity contribution in [3.05, 3.63) is 35.4 Å². The molecule has 0 saturated carbocycles. The second kappa shape index (κ2) is 5.56. The molecule has 0 amide bonds. The molecule has 1 atom stereocenters. The van der Waals surface area contributed by atoms with Crippen LogP contribution in [0.5, 0.6) is 0 Å². The molecule has 96 valence electrons. The van der Waals surface area contributed by atoms with E-state index < -0.39 is 17.2 Å². The van der Waals surface area contributed by atoms with E-state index >= 15 is 0 Å². The summed E-state index contributed by atoms with van der Waals surface area (Å²) in [5, 5.41) is 3.02. The number of hydrogen-bond acceptors (Lipinski definition) is 2. The molecule has 0 aliphatic carbocycles. The van der Waals surface area contributed by atoms with Crippen LogP contribution in [0.2, 0.25) is 0 Å². The first-order valence-electron chi connectivity index (χ1n) is 5.68. The summed E-state index contributed by atoms with van der Waals surface area (Å²) in [4.78, 5) is 0. The van der Waals surface area contributed by atoms with Crippen molar-refractivity contribution >= 4 is 0 Å². The minimum absolute atomic E-state index is 0.331. The van der Waals surface area contributed by atoms with Crippen LogP contribution >= 0.6 is 0 Å². The third kappa shape index (κ3) is 3.23. The monoisotopic (exact) mass is 243 g/mol. The van der Waals surface area contributed by atoms with Crippen molar-refractivity contribution in [1.29, 1.82) is 0 Å². The third-order valence-corrected chi connectivity index (χ3v) is 2.77. The molecule has 2 nitrogen and oxygen atoms in total. The predicted molar refractivity (Wildman–Crippen MR) is 63.9 cm³/mol. The minimum atomic E-state index is -0.574. The number of benzene rings is 1. The van der Waals surface area contributed by atoms with Gasteiger partial charge in [-0.2, -0.15) is 0 Å². The number of hydrogen-bond donors (Lipinski definition) is 1. The van der Waals surface area contributed by atoms with Crippen molar-refractivity contribution in [2.24, 2.45) is 0 Å². The topological polar surface area (TPSA) is 21.3 Å². The maximum Gasteiger partial charge on any atom is 0.131 e. The van der Waals surface area contributed by atoms with Crippen LogP contribution in [0.4, 0.5) is 8.78 Å². The van der Waals surface area contributed by atoms with Crippen molar-refractivity contribution in [3.63, 3.8) is 0 Å². The second-order valence-electron chi connectivity index (χ2n) is 4.42. The first-order valence-corrected chi connectivity index (χ1v) is 5.68. The number of likely N-dealkylation sites (N-methyl/N-ethyl adjacent to an activating group) is 1. The Labute approximate surface area is 101 Å². The zero-order chi connectivity index (χ0) is 13.1. The molecule has 0 aromatic heterocycles. The van der Waals surface area contributed by atoms with Crippen LogP contribution in [0.1, 0.15) is 32.4 Å². The molecule has 17 heavy (non-hydrogen) atoms. The van der Waals surface area contributed by atoms with E-state index in [1.807, 2.05) is 20.8 Å². The third-order valence-electron chi connectivity index (χ3n) is 2.77. The van der Waals surface area contributed by atoms with Crippen LogP contribution in [-0.4, -0.2) is 19.3 Å². The average Bonchev–Trinajstić information content (AvgIpc) is 2.21. The number of rotatable bonds is 5. The zero-order valence-electron chi connectivity index (χ0n) is 10.7. The molecule has 0 heterocycles. The molecule has 0 aliphatic heterocycles. The molecule has 0 bridgehead atoms. The Balaban J connectivity index is 3.09. The molecular formula is C13H19F2NO. The molecule has 1 aromatic carbocycles. The van der Waals surface area contributed by atoms with Crippen LogP contribution in [0, 0.1) is 11.6 Å². The van der Waals surface area contributed by atoms with Crippen LogP contribution < -0.4 is 5.32 Å². The normalized spacial score (nSPS) is 13.8. The van der Waals surface area contributed by atoms with Crippen LogP contribution in [0.15, 0.2) is 18.2 Å². The average molecular weight is 243 g/mol. The number of nitrogens with one attached hydrogen (secondary N) is 1. The fraction of sp³-hybridized carbons (Fsp3) is 0.538. The van der Waals surface area contributed by atoms with Gasteiger partial charge in [0.25, 0.3) is 0 Å². The van der Waals surface area contributed by atoms with Gasteiger partial charge in [0.15, 0.2) is 0 Å². The van der Waals surface area contributed by atoms with Gasteiger partial charge in [0.1, 0.15) is 11.6 Å². The lowest BCUT2D eigenvalue weighted by Gasteiger charge is -2.34. The van der Waals surface area contributed by atoms with Crippen LogP contribution in [0.25, 0.3) is 0 Å². The van der Waals surface area contributed by atoms with Crippen molar-refractivity contribution in [1.82, 2.24) is 5.32 Å². The summed E-state index contributed by atoms with van der Waals surface area (Å²) in [5.41, 5.74) is -0.158. The summed E-state index contributed by atoms with van der Waals surface area (Å²) < 4.78 is 32.2. The van der Waals surface area contributed by atoms with Crippen LogP contribution in [0.3, 0.4) is 0 Å². The quantitative estimate of drug-likeness (QED) is 0.858. The standard InChI is InChI=1S/C13H19F2NO/c1-5-17-13(2,3)12(16-4)10-7-6-9(14)8-11(10)15/h6-8,12,16H,5H2,1-4H3. The summed E-state index contributed by atoms with van der Waals surface area (Å²) in [7, 11) is 1.73. The predicted octanol–water partition coefficient (Wildman–Crippen LogP) is 3.04. The van der Waals surface area contributed by atoms with Gasteiger partial charge >= 0.3 is 0 Å². The lowest BCUT2D eigenvalue weighted by atomic mass is 9.91. The van der Waals surface area contributed by atoms with Crippen molar-refractivity contribution in [2.45, 2.75) is 32.4 Å². The summed E-state index contributed by atoms with van der Waals surface area (Å²) in [6.07, 6.45) is 0. The molecule has 0 radical (unpaired) electrons. The van der Waals surface area contributed by atoms with Gasteiger partial charge in [0.2, 0.25) is 0 Å².